The molecule has 2 heterocycles. The molecular formula is C17H20FN5O3. The highest BCUT2D eigenvalue weighted by atomic mass is 19.1. The van der Waals surface area contributed by atoms with E-state index in [1.165, 1.54) is 30.5 Å². The summed E-state index contributed by atoms with van der Waals surface area (Å²) in [6.45, 7) is 3.12. The molecule has 138 valence electrons. The number of H-pyrrole nitrogens is 1. The summed E-state index contributed by atoms with van der Waals surface area (Å²) in [6.07, 6.45) is 1.26. The fourth-order valence-electron chi connectivity index (χ4n) is 2.66. The monoisotopic (exact) mass is 361 g/mol. The number of hydrogen-bond donors (Lipinski definition) is 2. The normalized spacial score (nSPS) is 15.7. The summed E-state index contributed by atoms with van der Waals surface area (Å²) in [7, 11) is 2.02. The molecular weight excluding hydrogens is 341 g/mol. The minimum absolute atomic E-state index is 0.00290. The smallest absolute Gasteiger partial charge is 0.331 e. The number of piperazine rings is 1. The first-order valence-corrected chi connectivity index (χ1v) is 8.22. The van der Waals surface area contributed by atoms with Gasteiger partial charge in [-0.2, -0.15) is 5.10 Å². The van der Waals surface area contributed by atoms with Crippen molar-refractivity contribution in [3.8, 4) is 5.88 Å². The Kier molecular flexibility index (Phi) is 5.17. The second-order valence-corrected chi connectivity index (χ2v) is 6.21. The van der Waals surface area contributed by atoms with Crippen LogP contribution in [-0.2, 0) is 6.54 Å². The van der Waals surface area contributed by atoms with E-state index in [0.29, 0.717) is 18.7 Å². The van der Waals surface area contributed by atoms with E-state index in [2.05, 4.69) is 15.0 Å². The van der Waals surface area contributed by atoms with Crippen LogP contribution in [0.4, 0.5) is 4.39 Å². The Morgan fingerprint density at radius 3 is 2.50 bits per heavy atom. The van der Waals surface area contributed by atoms with E-state index in [-0.39, 0.29) is 12.1 Å². The van der Waals surface area contributed by atoms with Crippen LogP contribution in [0.5, 0.6) is 5.88 Å². The van der Waals surface area contributed by atoms with Gasteiger partial charge in [0.1, 0.15) is 11.4 Å². The average molecular weight is 361 g/mol. The average Bonchev–Trinajstić information content (AvgIpc) is 2.61. The summed E-state index contributed by atoms with van der Waals surface area (Å²) >= 11 is 0. The van der Waals surface area contributed by atoms with Crippen molar-refractivity contribution in [2.75, 3.05) is 33.2 Å². The largest absolute Gasteiger partial charge is 0.494 e. The molecule has 1 aromatic carbocycles. The van der Waals surface area contributed by atoms with Crippen LogP contribution in [-0.4, -0.2) is 64.0 Å². The summed E-state index contributed by atoms with van der Waals surface area (Å²) in [4.78, 5) is 28.4. The molecule has 9 heteroatoms. The lowest BCUT2D eigenvalue weighted by molar-refractivity contribution is 0.159. The van der Waals surface area contributed by atoms with Gasteiger partial charge in [0, 0.05) is 26.2 Å². The van der Waals surface area contributed by atoms with E-state index in [1.807, 2.05) is 7.05 Å². The molecule has 1 aromatic heterocycles. The lowest BCUT2D eigenvalue weighted by Crippen LogP contribution is -2.42. The number of halogens is 1. The highest BCUT2D eigenvalue weighted by molar-refractivity contribution is 5.81. The van der Waals surface area contributed by atoms with Crippen LogP contribution in [0.2, 0.25) is 0 Å². The van der Waals surface area contributed by atoms with Gasteiger partial charge in [-0.3, -0.25) is 19.4 Å². The quantitative estimate of drug-likeness (QED) is 0.749. The highest BCUT2D eigenvalue weighted by Crippen LogP contribution is 2.12. The third-order valence-corrected chi connectivity index (χ3v) is 4.29. The van der Waals surface area contributed by atoms with E-state index in [1.54, 1.807) is 5.01 Å². The number of hydrazone groups is 1. The molecule has 0 unspecified atom stereocenters. The molecule has 1 aliphatic heterocycles. The van der Waals surface area contributed by atoms with Crippen molar-refractivity contribution in [1.82, 2.24) is 19.5 Å². The van der Waals surface area contributed by atoms with Gasteiger partial charge in [-0.05, 0) is 24.7 Å². The van der Waals surface area contributed by atoms with Crippen molar-refractivity contribution in [1.29, 1.82) is 0 Å². The van der Waals surface area contributed by atoms with Crippen molar-refractivity contribution >= 4 is 6.21 Å². The van der Waals surface area contributed by atoms with Gasteiger partial charge in [0.15, 0.2) is 0 Å². The van der Waals surface area contributed by atoms with E-state index in [9.17, 15) is 19.1 Å². The van der Waals surface area contributed by atoms with Gasteiger partial charge in [0.2, 0.25) is 5.88 Å². The van der Waals surface area contributed by atoms with E-state index in [4.69, 9.17) is 0 Å². The molecule has 0 atom stereocenters. The number of benzene rings is 1. The maximum absolute atomic E-state index is 13.0. The predicted molar refractivity (Wildman–Crippen MR) is 95.2 cm³/mol. The molecule has 0 amide bonds. The number of nitrogens with one attached hydrogen (secondary N) is 1. The molecule has 26 heavy (non-hydrogen) atoms. The molecule has 2 N–H and O–H groups in total. The van der Waals surface area contributed by atoms with Crippen molar-refractivity contribution in [2.45, 2.75) is 6.54 Å². The molecule has 0 radical (unpaired) electrons. The van der Waals surface area contributed by atoms with Crippen LogP contribution in [0.25, 0.3) is 0 Å². The maximum atomic E-state index is 13.0. The molecule has 1 fully saturated rings. The van der Waals surface area contributed by atoms with Crippen molar-refractivity contribution in [2.24, 2.45) is 5.10 Å². The number of aromatic nitrogens is 2. The first kappa shape index (κ1) is 17.9. The molecule has 1 saturated heterocycles. The summed E-state index contributed by atoms with van der Waals surface area (Å²) in [5.41, 5.74) is -0.933. The number of likely N-dealkylation sites (N-methyl/N-ethyl adjacent to an activating group) is 1. The van der Waals surface area contributed by atoms with Crippen LogP contribution in [0.15, 0.2) is 39.0 Å². The zero-order valence-corrected chi connectivity index (χ0v) is 14.4. The number of aromatic hydroxyl groups is 1. The van der Waals surface area contributed by atoms with Crippen molar-refractivity contribution in [3.63, 3.8) is 0 Å². The second-order valence-electron chi connectivity index (χ2n) is 6.21. The van der Waals surface area contributed by atoms with Crippen LogP contribution in [0, 0.1) is 5.82 Å². The molecule has 2 aromatic rings. The van der Waals surface area contributed by atoms with Gasteiger partial charge in [-0.1, -0.05) is 12.1 Å². The standard InChI is InChI=1S/C17H20FN5O3/c1-21-6-8-22(9-7-21)19-10-14-15(24)20-17(26)23(16(14)25)11-12-2-4-13(18)5-3-12/h2-5,10,25H,6-9,11H2,1H3,(H,20,24,26)/b19-10+. The fraction of sp³-hybridized carbons (Fsp3) is 0.353. The van der Waals surface area contributed by atoms with Gasteiger partial charge < -0.3 is 10.0 Å². The Bertz CT molecular complexity index is 911. The minimum Gasteiger partial charge on any atom is -0.494 e. The lowest BCUT2D eigenvalue weighted by atomic mass is 10.2. The fourth-order valence-corrected chi connectivity index (χ4v) is 2.66. The van der Waals surface area contributed by atoms with Crippen LogP contribution >= 0.6 is 0 Å². The van der Waals surface area contributed by atoms with Crippen LogP contribution < -0.4 is 11.2 Å². The minimum atomic E-state index is -0.742. The third kappa shape index (κ3) is 3.99. The highest BCUT2D eigenvalue weighted by Gasteiger charge is 2.15. The SMILES string of the molecule is CN1CCN(/N=C/c2c(O)n(Cc3ccc(F)cc3)c(=O)[nH]c2=O)CC1. The predicted octanol–water partition coefficient (Wildman–Crippen LogP) is 0.0109. The van der Waals surface area contributed by atoms with Gasteiger partial charge in [-0.25, -0.2) is 9.18 Å². The Labute approximate surface area is 148 Å². The Morgan fingerprint density at radius 2 is 1.85 bits per heavy atom. The maximum Gasteiger partial charge on any atom is 0.331 e. The van der Waals surface area contributed by atoms with Gasteiger partial charge in [-0.15, -0.1) is 0 Å². The summed E-state index contributed by atoms with van der Waals surface area (Å²) in [5.74, 6) is -0.868. The lowest BCUT2D eigenvalue weighted by Gasteiger charge is -2.30. The van der Waals surface area contributed by atoms with Crippen molar-refractivity contribution in [3.05, 3.63) is 62.0 Å². The Hall–Kier alpha value is -2.94. The zero-order chi connectivity index (χ0) is 18.7. The van der Waals surface area contributed by atoms with E-state index in [0.717, 1.165) is 17.7 Å². The topological polar surface area (TPSA) is 93.9 Å². The van der Waals surface area contributed by atoms with Gasteiger partial charge in [0.05, 0.1) is 12.8 Å². The van der Waals surface area contributed by atoms with E-state index >= 15 is 0 Å². The van der Waals surface area contributed by atoms with Crippen LogP contribution in [0.1, 0.15) is 11.1 Å². The number of hydrogen-bond acceptors (Lipinski definition) is 6. The number of rotatable bonds is 4. The number of aromatic amines is 1. The molecule has 3 rings (SSSR count). The van der Waals surface area contributed by atoms with Crippen LogP contribution in [0.3, 0.4) is 0 Å². The second kappa shape index (κ2) is 7.52. The van der Waals surface area contributed by atoms with E-state index < -0.39 is 22.9 Å². The molecule has 0 spiro atoms. The van der Waals surface area contributed by atoms with Crippen molar-refractivity contribution < 1.29 is 9.50 Å². The number of nitrogens with zero attached hydrogens (tertiary/aromatic N) is 4. The molecule has 0 saturated carbocycles. The molecule has 0 aliphatic carbocycles. The summed E-state index contributed by atoms with van der Waals surface area (Å²) < 4.78 is 14.0. The summed E-state index contributed by atoms with van der Waals surface area (Å²) in [5, 5.41) is 16.4. The first-order chi connectivity index (χ1) is 12.4. The zero-order valence-electron chi connectivity index (χ0n) is 14.4. The first-order valence-electron chi connectivity index (χ1n) is 8.22. The molecule has 0 bridgehead atoms. The third-order valence-electron chi connectivity index (χ3n) is 4.29. The molecule has 1 aliphatic rings. The Morgan fingerprint density at radius 1 is 1.19 bits per heavy atom. The Balaban J connectivity index is 1.87. The van der Waals surface area contributed by atoms with Gasteiger partial charge >= 0.3 is 5.69 Å². The summed E-state index contributed by atoms with van der Waals surface area (Å²) in [6, 6.07) is 5.53. The molecule has 8 nitrogen and oxygen atoms in total. The van der Waals surface area contributed by atoms with Gasteiger partial charge in [0.25, 0.3) is 5.56 Å².